The summed E-state index contributed by atoms with van der Waals surface area (Å²) in [5, 5.41) is 12.7. The summed E-state index contributed by atoms with van der Waals surface area (Å²) in [5.41, 5.74) is 4.48. The standard InChI is InChI=1S/C21H21NO2/c1-16-6-2-3-8-18(16)15-24-21-9-5-4-7-17(21)14-22-19-10-12-20(23)13-11-19/h2-13,22-23H,14-15H2,1H3. The van der Waals surface area contributed by atoms with Crippen molar-refractivity contribution in [2.45, 2.75) is 20.1 Å². The van der Waals surface area contributed by atoms with Crippen LogP contribution in [0.4, 0.5) is 5.69 Å². The highest BCUT2D eigenvalue weighted by Gasteiger charge is 2.05. The number of phenolic OH excluding ortho intramolecular Hbond substituents is 1. The second kappa shape index (κ2) is 7.55. The molecule has 0 amide bonds. The summed E-state index contributed by atoms with van der Waals surface area (Å²) in [4.78, 5) is 0. The fourth-order valence-corrected chi connectivity index (χ4v) is 2.49. The molecule has 0 bridgehead atoms. The molecular formula is C21H21NO2. The molecule has 3 nitrogen and oxygen atoms in total. The van der Waals surface area contributed by atoms with Gasteiger partial charge < -0.3 is 15.2 Å². The fraction of sp³-hybridized carbons (Fsp3) is 0.143. The summed E-state index contributed by atoms with van der Waals surface area (Å²) in [5.74, 6) is 1.15. The van der Waals surface area contributed by atoms with E-state index >= 15 is 0 Å². The molecule has 3 aromatic rings. The van der Waals surface area contributed by atoms with E-state index in [-0.39, 0.29) is 5.75 Å². The molecule has 0 saturated heterocycles. The predicted molar refractivity (Wildman–Crippen MR) is 97.4 cm³/mol. The summed E-state index contributed by atoms with van der Waals surface area (Å²) in [6, 6.07) is 23.3. The van der Waals surface area contributed by atoms with Crippen molar-refractivity contribution < 1.29 is 9.84 Å². The molecule has 0 unspecified atom stereocenters. The molecule has 3 heteroatoms. The normalized spacial score (nSPS) is 10.4. The molecule has 0 spiro atoms. The zero-order valence-corrected chi connectivity index (χ0v) is 13.7. The van der Waals surface area contributed by atoms with Crippen molar-refractivity contribution in [3.05, 3.63) is 89.5 Å². The van der Waals surface area contributed by atoms with E-state index in [2.05, 4.69) is 30.4 Å². The molecule has 3 aromatic carbocycles. The first kappa shape index (κ1) is 15.9. The second-order valence-corrected chi connectivity index (χ2v) is 5.72. The van der Waals surface area contributed by atoms with Crippen molar-refractivity contribution in [3.63, 3.8) is 0 Å². The number of ether oxygens (including phenoxy) is 1. The molecule has 3 rings (SSSR count). The first-order chi connectivity index (χ1) is 11.7. The number of phenols is 1. The summed E-state index contributed by atoms with van der Waals surface area (Å²) < 4.78 is 6.03. The van der Waals surface area contributed by atoms with Gasteiger partial charge in [0.1, 0.15) is 18.1 Å². The minimum absolute atomic E-state index is 0.266. The Bertz CT molecular complexity index is 797. The van der Waals surface area contributed by atoms with Crippen LogP contribution in [-0.2, 0) is 13.2 Å². The van der Waals surface area contributed by atoms with E-state index < -0.39 is 0 Å². The highest BCUT2D eigenvalue weighted by Crippen LogP contribution is 2.22. The van der Waals surface area contributed by atoms with Crippen LogP contribution in [-0.4, -0.2) is 5.11 Å². The second-order valence-electron chi connectivity index (χ2n) is 5.72. The van der Waals surface area contributed by atoms with Crippen LogP contribution < -0.4 is 10.1 Å². The molecule has 0 aliphatic rings. The highest BCUT2D eigenvalue weighted by atomic mass is 16.5. The van der Waals surface area contributed by atoms with Gasteiger partial charge in [0.2, 0.25) is 0 Å². The molecule has 0 fully saturated rings. The number of nitrogens with one attached hydrogen (secondary N) is 1. The van der Waals surface area contributed by atoms with Crippen molar-refractivity contribution >= 4 is 5.69 Å². The van der Waals surface area contributed by atoms with E-state index in [9.17, 15) is 5.11 Å². The van der Waals surface area contributed by atoms with Gasteiger partial charge in [-0.25, -0.2) is 0 Å². The zero-order valence-electron chi connectivity index (χ0n) is 13.7. The molecule has 0 atom stereocenters. The van der Waals surface area contributed by atoms with Crippen LogP contribution in [0.3, 0.4) is 0 Å². The van der Waals surface area contributed by atoms with E-state index in [1.165, 1.54) is 11.1 Å². The number of para-hydroxylation sites is 1. The largest absolute Gasteiger partial charge is 0.508 e. The Morgan fingerprint density at radius 2 is 1.50 bits per heavy atom. The Hall–Kier alpha value is -2.94. The average molecular weight is 319 g/mol. The van der Waals surface area contributed by atoms with Crippen LogP contribution >= 0.6 is 0 Å². The molecule has 0 saturated carbocycles. The third kappa shape index (κ3) is 4.07. The maximum Gasteiger partial charge on any atom is 0.124 e. The maximum absolute atomic E-state index is 9.34. The van der Waals surface area contributed by atoms with Gasteiger partial charge in [-0.3, -0.25) is 0 Å². The molecule has 0 heterocycles. The van der Waals surface area contributed by atoms with Crippen LogP contribution in [0.15, 0.2) is 72.8 Å². The van der Waals surface area contributed by atoms with Gasteiger partial charge >= 0.3 is 0 Å². The Morgan fingerprint density at radius 1 is 0.833 bits per heavy atom. The molecular weight excluding hydrogens is 298 g/mol. The number of hydrogen-bond donors (Lipinski definition) is 2. The van der Waals surface area contributed by atoms with Crippen LogP contribution in [0.25, 0.3) is 0 Å². The molecule has 0 aliphatic carbocycles. The summed E-state index contributed by atoms with van der Waals surface area (Å²) in [7, 11) is 0. The molecule has 122 valence electrons. The molecule has 24 heavy (non-hydrogen) atoms. The van der Waals surface area contributed by atoms with Gasteiger partial charge in [0.05, 0.1) is 0 Å². The monoisotopic (exact) mass is 319 g/mol. The van der Waals surface area contributed by atoms with Gasteiger partial charge in [0.25, 0.3) is 0 Å². The molecule has 2 N–H and O–H groups in total. The van der Waals surface area contributed by atoms with E-state index in [1.807, 2.05) is 42.5 Å². The Kier molecular flexibility index (Phi) is 5.02. The fourth-order valence-electron chi connectivity index (χ4n) is 2.49. The van der Waals surface area contributed by atoms with E-state index in [1.54, 1.807) is 12.1 Å². The van der Waals surface area contributed by atoms with Gasteiger partial charge in [-0.2, -0.15) is 0 Å². The quantitative estimate of drug-likeness (QED) is 0.636. The van der Waals surface area contributed by atoms with Crippen LogP contribution in [0.2, 0.25) is 0 Å². The van der Waals surface area contributed by atoms with E-state index in [4.69, 9.17) is 4.74 Å². The first-order valence-corrected chi connectivity index (χ1v) is 8.00. The molecule has 0 aromatic heterocycles. The van der Waals surface area contributed by atoms with Gasteiger partial charge in [-0.15, -0.1) is 0 Å². The van der Waals surface area contributed by atoms with Crippen molar-refractivity contribution in [3.8, 4) is 11.5 Å². The Balaban J connectivity index is 1.66. The smallest absolute Gasteiger partial charge is 0.124 e. The van der Waals surface area contributed by atoms with Crippen molar-refractivity contribution in [1.29, 1.82) is 0 Å². The number of anilines is 1. The summed E-state index contributed by atoms with van der Waals surface area (Å²) in [6.45, 7) is 3.31. The lowest BCUT2D eigenvalue weighted by molar-refractivity contribution is 0.302. The summed E-state index contributed by atoms with van der Waals surface area (Å²) in [6.07, 6.45) is 0. The van der Waals surface area contributed by atoms with Crippen LogP contribution in [0.5, 0.6) is 11.5 Å². The zero-order chi connectivity index (χ0) is 16.8. The minimum Gasteiger partial charge on any atom is -0.508 e. The SMILES string of the molecule is Cc1ccccc1COc1ccccc1CNc1ccc(O)cc1. The average Bonchev–Trinajstić information content (AvgIpc) is 2.61. The minimum atomic E-state index is 0.266. The van der Waals surface area contributed by atoms with Crippen molar-refractivity contribution in [2.75, 3.05) is 5.32 Å². The highest BCUT2D eigenvalue weighted by molar-refractivity contribution is 5.47. The number of aryl methyl sites for hydroxylation is 1. The van der Waals surface area contributed by atoms with Gasteiger partial charge in [-0.1, -0.05) is 42.5 Å². The Labute approximate surface area is 142 Å². The number of benzene rings is 3. The molecule has 0 radical (unpaired) electrons. The van der Waals surface area contributed by atoms with Crippen LogP contribution in [0.1, 0.15) is 16.7 Å². The lowest BCUT2D eigenvalue weighted by atomic mass is 10.1. The number of aromatic hydroxyl groups is 1. The van der Waals surface area contributed by atoms with Gasteiger partial charge in [0.15, 0.2) is 0 Å². The summed E-state index contributed by atoms with van der Waals surface area (Å²) >= 11 is 0. The first-order valence-electron chi connectivity index (χ1n) is 8.00. The maximum atomic E-state index is 9.34. The molecule has 0 aliphatic heterocycles. The lowest BCUT2D eigenvalue weighted by Crippen LogP contribution is -2.04. The van der Waals surface area contributed by atoms with Crippen molar-refractivity contribution in [1.82, 2.24) is 0 Å². The van der Waals surface area contributed by atoms with Crippen molar-refractivity contribution in [2.24, 2.45) is 0 Å². The third-order valence-electron chi connectivity index (χ3n) is 3.97. The number of hydrogen-bond acceptors (Lipinski definition) is 3. The third-order valence-corrected chi connectivity index (χ3v) is 3.97. The van der Waals surface area contributed by atoms with Gasteiger partial charge in [0, 0.05) is 17.8 Å². The van der Waals surface area contributed by atoms with Crippen LogP contribution in [0, 0.1) is 6.92 Å². The topological polar surface area (TPSA) is 41.5 Å². The Morgan fingerprint density at radius 3 is 2.25 bits per heavy atom. The predicted octanol–water partition coefficient (Wildman–Crippen LogP) is 4.89. The number of rotatable bonds is 6. The van der Waals surface area contributed by atoms with E-state index in [0.717, 1.165) is 17.0 Å². The van der Waals surface area contributed by atoms with E-state index in [0.29, 0.717) is 13.2 Å². The van der Waals surface area contributed by atoms with Gasteiger partial charge in [-0.05, 0) is 48.4 Å². The lowest BCUT2D eigenvalue weighted by Gasteiger charge is -2.14.